The van der Waals surface area contributed by atoms with Crippen LogP contribution >= 0.6 is 23.2 Å². The Hall–Kier alpha value is -1.85. The average molecular weight is 365 g/mol. The third-order valence-corrected chi connectivity index (χ3v) is 4.88. The number of nitrogens with zero attached hydrogens (tertiary/aromatic N) is 3. The normalized spacial score (nSPS) is 15.4. The van der Waals surface area contributed by atoms with Gasteiger partial charge in [-0.15, -0.1) is 0 Å². The summed E-state index contributed by atoms with van der Waals surface area (Å²) in [5.41, 5.74) is 1.23. The van der Waals surface area contributed by atoms with Crippen molar-refractivity contribution in [3.63, 3.8) is 0 Å². The van der Waals surface area contributed by atoms with E-state index < -0.39 is 0 Å². The first-order chi connectivity index (χ1) is 11.5. The highest BCUT2D eigenvalue weighted by molar-refractivity contribution is 6.42. The Labute approximate surface area is 151 Å². The summed E-state index contributed by atoms with van der Waals surface area (Å²) in [6, 6.07) is 5.17. The van der Waals surface area contributed by atoms with Crippen molar-refractivity contribution in [1.29, 1.82) is 0 Å². The van der Waals surface area contributed by atoms with Crippen molar-refractivity contribution in [2.45, 2.75) is 19.8 Å². The van der Waals surface area contributed by atoms with E-state index in [2.05, 4.69) is 22.2 Å². The van der Waals surface area contributed by atoms with Crippen LogP contribution in [0.3, 0.4) is 0 Å². The molecule has 1 aliphatic heterocycles. The van der Waals surface area contributed by atoms with E-state index in [1.165, 1.54) is 0 Å². The largest absolute Gasteiger partial charge is 0.339 e. The molecule has 2 heterocycles. The highest BCUT2D eigenvalue weighted by atomic mass is 35.5. The molecular formula is C17H18Cl2N4O. The molecule has 1 N–H and O–H groups in total. The Kier molecular flexibility index (Phi) is 5.21. The number of hydrogen-bond donors (Lipinski definition) is 1. The second-order valence-electron chi connectivity index (χ2n) is 6.02. The van der Waals surface area contributed by atoms with Gasteiger partial charge in [0.15, 0.2) is 0 Å². The zero-order chi connectivity index (χ0) is 17.1. The molecule has 7 heteroatoms. The van der Waals surface area contributed by atoms with Gasteiger partial charge in [-0.3, -0.25) is 4.79 Å². The minimum absolute atomic E-state index is 0.0111. The van der Waals surface area contributed by atoms with Gasteiger partial charge in [0, 0.05) is 31.2 Å². The van der Waals surface area contributed by atoms with Gasteiger partial charge >= 0.3 is 0 Å². The highest BCUT2D eigenvalue weighted by Crippen LogP contribution is 2.26. The fraction of sp³-hybridized carbons (Fsp3) is 0.353. The summed E-state index contributed by atoms with van der Waals surface area (Å²) in [7, 11) is 0. The summed E-state index contributed by atoms with van der Waals surface area (Å²) in [6.45, 7) is 3.81. The molecule has 0 unspecified atom stereocenters. The van der Waals surface area contributed by atoms with Gasteiger partial charge in [0.05, 0.1) is 15.6 Å². The molecule has 1 aromatic heterocycles. The van der Waals surface area contributed by atoms with E-state index in [0.29, 0.717) is 27.5 Å². The first-order valence-electron chi connectivity index (χ1n) is 7.86. The monoisotopic (exact) mass is 364 g/mol. The van der Waals surface area contributed by atoms with Gasteiger partial charge in [0.25, 0.3) is 5.91 Å². The third-order valence-electron chi connectivity index (χ3n) is 4.15. The Morgan fingerprint density at radius 1 is 1.17 bits per heavy atom. The number of carbonyl (C=O) groups is 1. The van der Waals surface area contributed by atoms with Crippen LogP contribution in [-0.4, -0.2) is 33.9 Å². The lowest BCUT2D eigenvalue weighted by Crippen LogP contribution is -2.38. The Bertz CT molecular complexity index is 728. The van der Waals surface area contributed by atoms with Crippen LogP contribution in [0, 0.1) is 5.92 Å². The van der Waals surface area contributed by atoms with Crippen LogP contribution in [-0.2, 0) is 0 Å². The minimum Gasteiger partial charge on any atom is -0.339 e. The molecule has 2 aromatic rings. The Balaban J connectivity index is 1.66. The van der Waals surface area contributed by atoms with Gasteiger partial charge in [-0.2, -0.15) is 0 Å². The Morgan fingerprint density at radius 3 is 2.46 bits per heavy atom. The van der Waals surface area contributed by atoms with Crippen molar-refractivity contribution in [3.05, 3.63) is 46.2 Å². The number of carbonyl (C=O) groups excluding carboxylic acids is 1. The molecule has 0 radical (unpaired) electrons. The van der Waals surface area contributed by atoms with Crippen molar-refractivity contribution >= 4 is 40.7 Å². The summed E-state index contributed by atoms with van der Waals surface area (Å²) >= 11 is 11.9. The molecule has 0 aliphatic carbocycles. The molecular weight excluding hydrogens is 347 g/mol. The number of likely N-dealkylation sites (tertiary alicyclic amines) is 1. The first kappa shape index (κ1) is 17.0. The number of rotatable bonds is 3. The van der Waals surface area contributed by atoms with E-state index in [1.807, 2.05) is 4.90 Å². The van der Waals surface area contributed by atoms with Crippen LogP contribution in [0.1, 0.15) is 30.1 Å². The Morgan fingerprint density at radius 2 is 1.83 bits per heavy atom. The van der Waals surface area contributed by atoms with Crippen LogP contribution in [0.15, 0.2) is 30.6 Å². The molecule has 0 spiro atoms. The lowest BCUT2D eigenvalue weighted by Gasteiger charge is -2.30. The third kappa shape index (κ3) is 3.97. The fourth-order valence-electron chi connectivity index (χ4n) is 2.60. The quantitative estimate of drug-likeness (QED) is 0.876. The number of halogens is 2. The zero-order valence-corrected chi connectivity index (χ0v) is 14.8. The van der Waals surface area contributed by atoms with Crippen molar-refractivity contribution in [2.75, 3.05) is 18.4 Å². The maximum absolute atomic E-state index is 12.5. The topological polar surface area (TPSA) is 58.1 Å². The molecule has 1 amide bonds. The van der Waals surface area contributed by atoms with Crippen molar-refractivity contribution in [1.82, 2.24) is 14.9 Å². The van der Waals surface area contributed by atoms with Crippen LogP contribution in [0.25, 0.3) is 0 Å². The zero-order valence-electron chi connectivity index (χ0n) is 13.3. The van der Waals surface area contributed by atoms with Gasteiger partial charge in [-0.05, 0) is 37.0 Å². The van der Waals surface area contributed by atoms with E-state index >= 15 is 0 Å². The predicted octanol–water partition coefficient (Wildman–Crippen LogP) is 4.40. The summed E-state index contributed by atoms with van der Waals surface area (Å²) in [5, 5.41) is 3.97. The summed E-state index contributed by atoms with van der Waals surface area (Å²) in [4.78, 5) is 22.7. The summed E-state index contributed by atoms with van der Waals surface area (Å²) in [6.07, 6.45) is 5.19. The fourth-order valence-corrected chi connectivity index (χ4v) is 2.90. The van der Waals surface area contributed by atoms with Gasteiger partial charge in [-0.25, -0.2) is 9.97 Å². The standard InChI is InChI=1S/C17H18Cl2N4O/c1-11-4-6-23(7-5-11)16(24)12-9-20-17(21-10-12)22-13-2-3-14(18)15(19)8-13/h2-3,8-11H,4-7H2,1H3,(H,20,21,22). The number of amides is 1. The molecule has 1 aromatic carbocycles. The number of aromatic nitrogens is 2. The van der Waals surface area contributed by atoms with Crippen LogP contribution in [0.5, 0.6) is 0 Å². The molecule has 1 fully saturated rings. The highest BCUT2D eigenvalue weighted by Gasteiger charge is 2.21. The van der Waals surface area contributed by atoms with Crippen molar-refractivity contribution < 1.29 is 4.79 Å². The second kappa shape index (κ2) is 7.36. The van der Waals surface area contributed by atoms with Crippen LogP contribution in [0.2, 0.25) is 10.0 Å². The van der Waals surface area contributed by atoms with E-state index in [9.17, 15) is 4.79 Å². The maximum atomic E-state index is 12.5. The van der Waals surface area contributed by atoms with E-state index in [1.54, 1.807) is 30.6 Å². The first-order valence-corrected chi connectivity index (χ1v) is 8.62. The molecule has 3 rings (SSSR count). The number of piperidine rings is 1. The van der Waals surface area contributed by atoms with Crippen molar-refractivity contribution in [3.8, 4) is 0 Å². The maximum Gasteiger partial charge on any atom is 0.256 e. The van der Waals surface area contributed by atoms with Gasteiger partial charge < -0.3 is 10.2 Å². The van der Waals surface area contributed by atoms with Gasteiger partial charge in [-0.1, -0.05) is 30.1 Å². The lowest BCUT2D eigenvalue weighted by atomic mass is 9.99. The second-order valence-corrected chi connectivity index (χ2v) is 6.84. The SMILES string of the molecule is CC1CCN(C(=O)c2cnc(Nc3ccc(Cl)c(Cl)c3)nc2)CC1. The molecule has 1 aliphatic rings. The van der Waals surface area contributed by atoms with Crippen LogP contribution in [0.4, 0.5) is 11.6 Å². The molecule has 0 atom stereocenters. The molecule has 126 valence electrons. The molecule has 0 saturated carbocycles. The summed E-state index contributed by atoms with van der Waals surface area (Å²) < 4.78 is 0. The van der Waals surface area contributed by atoms with E-state index in [-0.39, 0.29) is 5.91 Å². The summed E-state index contributed by atoms with van der Waals surface area (Å²) in [5.74, 6) is 1.07. The average Bonchev–Trinajstić information content (AvgIpc) is 2.59. The van der Waals surface area contributed by atoms with Gasteiger partial charge in [0.1, 0.15) is 0 Å². The smallest absolute Gasteiger partial charge is 0.256 e. The van der Waals surface area contributed by atoms with Gasteiger partial charge in [0.2, 0.25) is 5.95 Å². The minimum atomic E-state index is -0.0111. The lowest BCUT2D eigenvalue weighted by molar-refractivity contribution is 0.0696. The number of hydrogen-bond acceptors (Lipinski definition) is 4. The molecule has 0 bridgehead atoms. The number of anilines is 2. The predicted molar refractivity (Wildman–Crippen MR) is 96.1 cm³/mol. The molecule has 24 heavy (non-hydrogen) atoms. The van der Waals surface area contributed by atoms with Crippen LogP contribution < -0.4 is 5.32 Å². The number of benzene rings is 1. The molecule has 1 saturated heterocycles. The van der Waals surface area contributed by atoms with Crippen molar-refractivity contribution in [2.24, 2.45) is 5.92 Å². The van der Waals surface area contributed by atoms with E-state index in [4.69, 9.17) is 23.2 Å². The molecule has 5 nitrogen and oxygen atoms in total. The van der Waals surface area contributed by atoms with E-state index in [0.717, 1.165) is 31.6 Å². The number of nitrogens with one attached hydrogen (secondary N) is 1.